The van der Waals surface area contributed by atoms with Crippen molar-refractivity contribution in [2.24, 2.45) is 5.92 Å². The molecule has 3 nitrogen and oxygen atoms in total. The highest BCUT2D eigenvalue weighted by Crippen LogP contribution is 2.18. The van der Waals surface area contributed by atoms with E-state index in [-0.39, 0.29) is 12.6 Å². The lowest BCUT2D eigenvalue weighted by molar-refractivity contribution is 0.00667. The van der Waals surface area contributed by atoms with Gasteiger partial charge in [-0.3, -0.25) is 4.90 Å². The zero-order chi connectivity index (χ0) is 9.84. The molecule has 0 bridgehead atoms. The molecular formula is C10H21NO2. The molecule has 0 spiro atoms. The van der Waals surface area contributed by atoms with Crippen molar-refractivity contribution in [2.75, 3.05) is 19.7 Å². The largest absolute Gasteiger partial charge is 0.394 e. The van der Waals surface area contributed by atoms with Crippen molar-refractivity contribution < 1.29 is 10.2 Å². The highest BCUT2D eigenvalue weighted by Gasteiger charge is 2.24. The van der Waals surface area contributed by atoms with E-state index in [9.17, 15) is 5.11 Å². The molecule has 0 amide bonds. The van der Waals surface area contributed by atoms with Crippen LogP contribution in [0.1, 0.15) is 26.7 Å². The molecule has 1 rings (SSSR count). The summed E-state index contributed by atoms with van der Waals surface area (Å²) in [6, 6.07) is 0.0949. The average molecular weight is 187 g/mol. The van der Waals surface area contributed by atoms with Gasteiger partial charge in [-0.25, -0.2) is 0 Å². The number of nitrogens with zero attached hydrogens (tertiary/aromatic N) is 1. The summed E-state index contributed by atoms with van der Waals surface area (Å²) in [6.45, 7) is 6.23. The number of piperidine rings is 1. The van der Waals surface area contributed by atoms with Crippen molar-refractivity contribution in [3.05, 3.63) is 0 Å². The SMILES string of the molecule is CC1CCN(C(C)C(O)CO)CC1. The van der Waals surface area contributed by atoms with Gasteiger partial charge in [-0.1, -0.05) is 6.92 Å². The van der Waals surface area contributed by atoms with Crippen molar-refractivity contribution in [3.63, 3.8) is 0 Å². The molecule has 2 atom stereocenters. The van der Waals surface area contributed by atoms with E-state index in [2.05, 4.69) is 11.8 Å². The van der Waals surface area contributed by atoms with E-state index in [1.165, 1.54) is 12.8 Å². The van der Waals surface area contributed by atoms with Crippen molar-refractivity contribution in [2.45, 2.75) is 38.8 Å². The second kappa shape index (κ2) is 4.94. The first-order valence-electron chi connectivity index (χ1n) is 5.18. The first-order chi connectivity index (χ1) is 6.15. The molecule has 0 aromatic carbocycles. The number of aliphatic hydroxyl groups excluding tert-OH is 2. The molecule has 78 valence electrons. The quantitative estimate of drug-likeness (QED) is 0.674. The minimum Gasteiger partial charge on any atom is -0.394 e. The van der Waals surface area contributed by atoms with E-state index in [1.54, 1.807) is 0 Å². The van der Waals surface area contributed by atoms with Crippen LogP contribution in [0.5, 0.6) is 0 Å². The number of hydrogen-bond acceptors (Lipinski definition) is 3. The molecule has 1 aliphatic heterocycles. The third-order valence-corrected chi connectivity index (χ3v) is 3.14. The van der Waals surface area contributed by atoms with Crippen LogP contribution in [0, 0.1) is 5.92 Å². The molecular weight excluding hydrogens is 166 g/mol. The zero-order valence-corrected chi connectivity index (χ0v) is 8.61. The van der Waals surface area contributed by atoms with Gasteiger partial charge >= 0.3 is 0 Å². The van der Waals surface area contributed by atoms with E-state index in [0.29, 0.717) is 0 Å². The minimum atomic E-state index is -0.589. The van der Waals surface area contributed by atoms with Gasteiger partial charge in [0.15, 0.2) is 0 Å². The fraction of sp³-hybridized carbons (Fsp3) is 1.00. The van der Waals surface area contributed by atoms with Crippen LogP contribution in [0.15, 0.2) is 0 Å². The van der Waals surface area contributed by atoms with E-state index < -0.39 is 6.10 Å². The predicted octanol–water partition coefficient (Wildman–Crippen LogP) is 0.460. The van der Waals surface area contributed by atoms with E-state index in [1.807, 2.05) is 6.92 Å². The van der Waals surface area contributed by atoms with Gasteiger partial charge in [0.25, 0.3) is 0 Å². The molecule has 0 radical (unpaired) electrons. The third-order valence-electron chi connectivity index (χ3n) is 3.14. The summed E-state index contributed by atoms with van der Waals surface area (Å²) in [5, 5.41) is 18.3. The van der Waals surface area contributed by atoms with Crippen molar-refractivity contribution in [1.29, 1.82) is 0 Å². The molecule has 3 heteroatoms. The van der Waals surface area contributed by atoms with Crippen LogP contribution in [-0.2, 0) is 0 Å². The number of likely N-dealkylation sites (tertiary alicyclic amines) is 1. The van der Waals surface area contributed by atoms with Crippen LogP contribution in [0.25, 0.3) is 0 Å². The molecule has 1 aliphatic rings. The van der Waals surface area contributed by atoms with Gasteiger partial charge in [-0.05, 0) is 38.8 Å². The first kappa shape index (κ1) is 11.0. The maximum Gasteiger partial charge on any atom is 0.0922 e. The second-order valence-corrected chi connectivity index (χ2v) is 4.21. The Bertz CT molecular complexity index is 144. The molecule has 1 heterocycles. The van der Waals surface area contributed by atoms with Gasteiger partial charge in [0, 0.05) is 6.04 Å². The Labute approximate surface area is 80.4 Å². The standard InChI is InChI=1S/C10H21NO2/c1-8-3-5-11(6-4-8)9(2)10(13)7-12/h8-10,12-13H,3-7H2,1-2H3. The van der Waals surface area contributed by atoms with Gasteiger partial charge in [-0.15, -0.1) is 0 Å². The topological polar surface area (TPSA) is 43.7 Å². The normalized spacial score (nSPS) is 25.8. The molecule has 1 fully saturated rings. The molecule has 1 saturated heterocycles. The van der Waals surface area contributed by atoms with Crippen molar-refractivity contribution >= 4 is 0 Å². The van der Waals surface area contributed by atoms with E-state index >= 15 is 0 Å². The Morgan fingerprint density at radius 2 is 1.92 bits per heavy atom. The van der Waals surface area contributed by atoms with Crippen LogP contribution in [-0.4, -0.2) is 47.0 Å². The minimum absolute atomic E-state index is 0.0949. The van der Waals surface area contributed by atoms with Crippen LogP contribution in [0.4, 0.5) is 0 Å². The number of aliphatic hydroxyl groups is 2. The fourth-order valence-corrected chi connectivity index (χ4v) is 1.83. The lowest BCUT2D eigenvalue weighted by atomic mass is 9.97. The molecule has 0 aromatic heterocycles. The number of rotatable bonds is 3. The Morgan fingerprint density at radius 3 is 2.38 bits per heavy atom. The summed E-state index contributed by atoms with van der Waals surface area (Å²) in [7, 11) is 0. The third kappa shape index (κ3) is 2.93. The molecule has 2 unspecified atom stereocenters. The van der Waals surface area contributed by atoms with Crippen molar-refractivity contribution in [1.82, 2.24) is 4.90 Å². The molecule has 0 saturated carbocycles. The van der Waals surface area contributed by atoms with Gasteiger partial charge < -0.3 is 10.2 Å². The van der Waals surface area contributed by atoms with Gasteiger partial charge in [0.1, 0.15) is 0 Å². The highest BCUT2D eigenvalue weighted by atomic mass is 16.3. The zero-order valence-electron chi connectivity index (χ0n) is 8.61. The smallest absolute Gasteiger partial charge is 0.0922 e. The Balaban J connectivity index is 2.35. The predicted molar refractivity (Wildman–Crippen MR) is 52.5 cm³/mol. The monoisotopic (exact) mass is 187 g/mol. The summed E-state index contributed by atoms with van der Waals surface area (Å²) >= 11 is 0. The van der Waals surface area contributed by atoms with Crippen LogP contribution >= 0.6 is 0 Å². The average Bonchev–Trinajstić information content (AvgIpc) is 2.17. The molecule has 2 N–H and O–H groups in total. The lowest BCUT2D eigenvalue weighted by Gasteiger charge is -2.36. The van der Waals surface area contributed by atoms with Gasteiger partial charge in [-0.2, -0.15) is 0 Å². The molecule has 13 heavy (non-hydrogen) atoms. The van der Waals surface area contributed by atoms with E-state index in [4.69, 9.17) is 5.11 Å². The van der Waals surface area contributed by atoms with Crippen LogP contribution in [0.2, 0.25) is 0 Å². The summed E-state index contributed by atoms with van der Waals surface area (Å²) in [6.07, 6.45) is 1.83. The van der Waals surface area contributed by atoms with Crippen LogP contribution in [0.3, 0.4) is 0 Å². The molecule has 0 aromatic rings. The molecule has 0 aliphatic carbocycles. The van der Waals surface area contributed by atoms with Gasteiger partial charge in [0.05, 0.1) is 12.7 Å². The van der Waals surface area contributed by atoms with E-state index in [0.717, 1.165) is 19.0 Å². The summed E-state index contributed by atoms with van der Waals surface area (Å²) < 4.78 is 0. The van der Waals surface area contributed by atoms with Gasteiger partial charge in [0.2, 0.25) is 0 Å². The fourth-order valence-electron chi connectivity index (χ4n) is 1.83. The van der Waals surface area contributed by atoms with Crippen molar-refractivity contribution in [3.8, 4) is 0 Å². The Morgan fingerprint density at radius 1 is 1.38 bits per heavy atom. The Kier molecular flexibility index (Phi) is 4.16. The maximum absolute atomic E-state index is 9.45. The lowest BCUT2D eigenvalue weighted by Crippen LogP contribution is -2.46. The maximum atomic E-state index is 9.45. The summed E-state index contributed by atoms with van der Waals surface area (Å²) in [5.74, 6) is 0.815. The highest BCUT2D eigenvalue weighted by molar-refractivity contribution is 4.78. The summed E-state index contributed by atoms with van der Waals surface area (Å²) in [5.41, 5.74) is 0. The Hall–Kier alpha value is -0.120. The first-order valence-corrected chi connectivity index (χ1v) is 5.18. The summed E-state index contributed by atoms with van der Waals surface area (Å²) in [4.78, 5) is 2.26. The second-order valence-electron chi connectivity index (χ2n) is 4.21. The number of hydrogen-bond donors (Lipinski definition) is 2. The van der Waals surface area contributed by atoms with Crippen LogP contribution < -0.4 is 0 Å².